The Morgan fingerprint density at radius 1 is 1.00 bits per heavy atom. The molecule has 0 saturated heterocycles. The number of pyridine rings is 1. The first-order valence-electron chi connectivity index (χ1n) is 6.90. The van der Waals surface area contributed by atoms with Crippen molar-refractivity contribution in [1.29, 1.82) is 0 Å². The third-order valence-corrected chi connectivity index (χ3v) is 3.50. The number of phenols is 1. The van der Waals surface area contributed by atoms with E-state index >= 15 is 0 Å². The van der Waals surface area contributed by atoms with E-state index in [9.17, 15) is 23.1 Å². The van der Waals surface area contributed by atoms with E-state index in [1.807, 2.05) is 0 Å². The minimum Gasteiger partial charge on any atom is -0.508 e. The molecule has 0 aliphatic rings. The summed E-state index contributed by atoms with van der Waals surface area (Å²) in [5.41, 5.74) is -0.295. The van der Waals surface area contributed by atoms with Gasteiger partial charge in [0.25, 0.3) is 5.91 Å². The number of hydrogen-bond acceptors (Lipinski definition) is 3. The first-order valence-corrected chi connectivity index (χ1v) is 6.90. The SMILES string of the molecule is O=C(Nc1ccc(C(F)(F)F)c2ccncc12)c1ccc(O)cc1. The summed E-state index contributed by atoms with van der Waals surface area (Å²) in [5, 5.41) is 12.0. The van der Waals surface area contributed by atoms with Crippen LogP contribution in [0, 0.1) is 0 Å². The summed E-state index contributed by atoms with van der Waals surface area (Å²) >= 11 is 0. The number of aromatic hydroxyl groups is 1. The van der Waals surface area contributed by atoms with E-state index in [1.54, 1.807) is 0 Å². The lowest BCUT2D eigenvalue weighted by Crippen LogP contribution is -2.13. The number of carbonyl (C=O) groups is 1. The maximum absolute atomic E-state index is 13.1. The van der Waals surface area contributed by atoms with Crippen LogP contribution >= 0.6 is 0 Å². The molecule has 0 unspecified atom stereocenters. The molecule has 3 aromatic rings. The van der Waals surface area contributed by atoms with Crippen molar-refractivity contribution in [2.75, 3.05) is 5.32 Å². The molecular formula is C17H11F3N2O2. The fraction of sp³-hybridized carbons (Fsp3) is 0.0588. The minimum atomic E-state index is -4.50. The first-order chi connectivity index (χ1) is 11.4. The molecule has 0 bridgehead atoms. The molecule has 7 heteroatoms. The van der Waals surface area contributed by atoms with Gasteiger partial charge in [0.05, 0.1) is 11.3 Å². The van der Waals surface area contributed by atoms with Crippen LogP contribution in [-0.4, -0.2) is 16.0 Å². The number of fused-ring (bicyclic) bond motifs is 1. The molecule has 1 amide bonds. The standard InChI is InChI=1S/C17H11F3N2O2/c18-17(19,20)14-5-6-15(13-9-21-8-7-12(13)14)22-16(24)10-1-3-11(23)4-2-10/h1-9,23H,(H,22,24). The average Bonchev–Trinajstić information content (AvgIpc) is 2.54. The van der Waals surface area contributed by atoms with Crippen LogP contribution in [0.1, 0.15) is 15.9 Å². The predicted molar refractivity (Wildman–Crippen MR) is 82.8 cm³/mol. The van der Waals surface area contributed by atoms with Gasteiger partial charge in [-0.1, -0.05) is 0 Å². The van der Waals surface area contributed by atoms with Crippen molar-refractivity contribution in [3.8, 4) is 5.75 Å². The van der Waals surface area contributed by atoms with Gasteiger partial charge in [-0.2, -0.15) is 13.2 Å². The monoisotopic (exact) mass is 332 g/mol. The number of nitrogens with one attached hydrogen (secondary N) is 1. The van der Waals surface area contributed by atoms with Crippen LogP contribution in [0.15, 0.2) is 54.9 Å². The quantitative estimate of drug-likeness (QED) is 0.739. The van der Waals surface area contributed by atoms with Crippen LogP contribution in [0.2, 0.25) is 0 Å². The van der Waals surface area contributed by atoms with Crippen molar-refractivity contribution in [2.24, 2.45) is 0 Å². The Labute approximate surface area is 134 Å². The van der Waals surface area contributed by atoms with Gasteiger partial charge in [0.2, 0.25) is 0 Å². The van der Waals surface area contributed by atoms with Crippen molar-refractivity contribution >= 4 is 22.4 Å². The predicted octanol–water partition coefficient (Wildman–Crippen LogP) is 4.21. The summed E-state index contributed by atoms with van der Waals surface area (Å²) in [6.45, 7) is 0. The maximum atomic E-state index is 13.1. The van der Waals surface area contributed by atoms with Gasteiger partial charge in [-0.15, -0.1) is 0 Å². The first kappa shape index (κ1) is 15.8. The molecule has 4 nitrogen and oxygen atoms in total. The molecule has 0 radical (unpaired) electrons. The zero-order chi connectivity index (χ0) is 17.3. The molecule has 0 atom stereocenters. The highest BCUT2D eigenvalue weighted by molar-refractivity contribution is 6.09. The van der Waals surface area contributed by atoms with Crippen molar-refractivity contribution in [2.45, 2.75) is 6.18 Å². The number of alkyl halides is 3. The van der Waals surface area contributed by atoms with Crippen molar-refractivity contribution in [1.82, 2.24) is 4.98 Å². The Balaban J connectivity index is 2.02. The number of phenolic OH excluding ortho intramolecular Hbond substituents is 1. The lowest BCUT2D eigenvalue weighted by molar-refractivity contribution is -0.136. The van der Waals surface area contributed by atoms with Crippen LogP contribution in [0.5, 0.6) is 5.75 Å². The second-order valence-corrected chi connectivity index (χ2v) is 5.08. The summed E-state index contributed by atoms with van der Waals surface area (Å²) in [7, 11) is 0. The van der Waals surface area contributed by atoms with Gasteiger partial charge in [-0.05, 0) is 47.9 Å². The van der Waals surface area contributed by atoms with Gasteiger partial charge in [-0.3, -0.25) is 9.78 Å². The van der Waals surface area contributed by atoms with Crippen LogP contribution in [0.3, 0.4) is 0 Å². The van der Waals surface area contributed by atoms with Gasteiger partial charge in [0.1, 0.15) is 5.75 Å². The molecule has 0 aliphatic carbocycles. The van der Waals surface area contributed by atoms with Gasteiger partial charge < -0.3 is 10.4 Å². The molecular weight excluding hydrogens is 321 g/mol. The summed E-state index contributed by atoms with van der Waals surface area (Å²) < 4.78 is 39.3. The van der Waals surface area contributed by atoms with E-state index in [1.165, 1.54) is 48.8 Å². The topological polar surface area (TPSA) is 62.2 Å². The number of benzene rings is 2. The number of halogens is 3. The Hall–Kier alpha value is -3.09. The molecule has 2 N–H and O–H groups in total. The maximum Gasteiger partial charge on any atom is 0.417 e. The fourth-order valence-electron chi connectivity index (χ4n) is 2.35. The van der Waals surface area contributed by atoms with E-state index in [-0.39, 0.29) is 27.8 Å². The molecule has 3 rings (SSSR count). The Morgan fingerprint density at radius 3 is 2.38 bits per heavy atom. The second kappa shape index (κ2) is 5.84. The van der Waals surface area contributed by atoms with Crippen molar-refractivity contribution in [3.05, 3.63) is 66.0 Å². The summed E-state index contributed by atoms with van der Waals surface area (Å²) in [5.74, 6) is -0.490. The van der Waals surface area contributed by atoms with Crippen LogP contribution in [0.25, 0.3) is 10.8 Å². The highest BCUT2D eigenvalue weighted by Crippen LogP contribution is 2.37. The third-order valence-electron chi connectivity index (χ3n) is 3.50. The molecule has 0 spiro atoms. The van der Waals surface area contributed by atoms with Gasteiger partial charge >= 0.3 is 6.18 Å². The lowest BCUT2D eigenvalue weighted by Gasteiger charge is -2.14. The molecule has 1 heterocycles. The van der Waals surface area contributed by atoms with E-state index in [0.29, 0.717) is 0 Å². The Kier molecular flexibility index (Phi) is 3.84. The Morgan fingerprint density at radius 2 is 1.71 bits per heavy atom. The molecule has 0 saturated carbocycles. The number of anilines is 1. The number of aromatic nitrogens is 1. The summed E-state index contributed by atoms with van der Waals surface area (Å²) in [6, 6.07) is 8.90. The normalized spacial score (nSPS) is 11.5. The summed E-state index contributed by atoms with van der Waals surface area (Å²) in [6.07, 6.45) is -1.96. The molecule has 1 aromatic heterocycles. The van der Waals surface area contributed by atoms with Crippen molar-refractivity contribution in [3.63, 3.8) is 0 Å². The zero-order valence-electron chi connectivity index (χ0n) is 12.1. The van der Waals surface area contributed by atoms with Crippen molar-refractivity contribution < 1.29 is 23.1 Å². The van der Waals surface area contributed by atoms with Crippen LogP contribution in [0.4, 0.5) is 18.9 Å². The molecule has 24 heavy (non-hydrogen) atoms. The highest BCUT2D eigenvalue weighted by atomic mass is 19.4. The number of carbonyl (C=O) groups excluding carboxylic acids is 1. The molecule has 2 aromatic carbocycles. The largest absolute Gasteiger partial charge is 0.508 e. The van der Waals surface area contributed by atoms with Gasteiger partial charge in [0, 0.05) is 23.3 Å². The third kappa shape index (κ3) is 3.01. The van der Waals surface area contributed by atoms with E-state index < -0.39 is 17.6 Å². The average molecular weight is 332 g/mol. The molecule has 122 valence electrons. The number of nitrogens with zero attached hydrogens (tertiary/aromatic N) is 1. The number of amides is 1. The van der Waals surface area contributed by atoms with Gasteiger partial charge in [0.15, 0.2) is 0 Å². The molecule has 0 aliphatic heterocycles. The van der Waals surface area contributed by atoms with E-state index in [0.717, 1.165) is 6.07 Å². The fourth-order valence-corrected chi connectivity index (χ4v) is 2.35. The number of hydrogen-bond donors (Lipinski definition) is 2. The highest BCUT2D eigenvalue weighted by Gasteiger charge is 2.32. The minimum absolute atomic E-state index is 0.00994. The van der Waals surface area contributed by atoms with E-state index in [2.05, 4.69) is 10.3 Å². The van der Waals surface area contributed by atoms with Crippen LogP contribution < -0.4 is 5.32 Å². The summed E-state index contributed by atoms with van der Waals surface area (Å²) in [4.78, 5) is 16.1. The second-order valence-electron chi connectivity index (χ2n) is 5.08. The smallest absolute Gasteiger partial charge is 0.417 e. The van der Waals surface area contributed by atoms with Gasteiger partial charge in [-0.25, -0.2) is 0 Å². The molecule has 0 fully saturated rings. The van der Waals surface area contributed by atoms with Crippen LogP contribution in [-0.2, 0) is 6.18 Å². The zero-order valence-corrected chi connectivity index (χ0v) is 12.1. The van der Waals surface area contributed by atoms with E-state index in [4.69, 9.17) is 0 Å². The Bertz CT molecular complexity index is 906. The lowest BCUT2D eigenvalue weighted by atomic mass is 10.0. The number of rotatable bonds is 2.